The third kappa shape index (κ3) is 2.09. The fraction of sp³-hybridized carbons (Fsp3) is 0.125. The van der Waals surface area contributed by atoms with Crippen LogP contribution < -0.4 is 9.47 Å². The molecule has 1 aliphatic heterocycles. The maximum atomic E-state index is 10.5. The van der Waals surface area contributed by atoms with Gasteiger partial charge in [0.05, 0.1) is 4.47 Å². The van der Waals surface area contributed by atoms with Crippen LogP contribution in [0.5, 0.6) is 11.5 Å². The summed E-state index contributed by atoms with van der Waals surface area (Å²) >= 11 is 3.43. The van der Waals surface area contributed by atoms with E-state index in [-0.39, 0.29) is 6.79 Å². The molecule has 0 saturated heterocycles. The zero-order valence-corrected chi connectivity index (χ0v) is 12.5. The van der Waals surface area contributed by atoms with E-state index in [1.807, 2.05) is 36.4 Å². The van der Waals surface area contributed by atoms with Crippen LogP contribution in [-0.2, 0) is 0 Å². The lowest BCUT2D eigenvalue weighted by Crippen LogP contribution is -1.98. The molecule has 0 saturated carbocycles. The molecule has 0 aliphatic carbocycles. The molecule has 106 valence electrons. The van der Waals surface area contributed by atoms with Gasteiger partial charge >= 0.3 is 0 Å². The predicted molar refractivity (Wildman–Crippen MR) is 80.5 cm³/mol. The molecule has 1 atom stereocenters. The highest BCUT2D eigenvalue weighted by atomic mass is 79.9. The average molecular weight is 347 g/mol. The fourth-order valence-corrected chi connectivity index (χ4v) is 3.02. The summed E-state index contributed by atoms with van der Waals surface area (Å²) in [6, 6.07) is 13.1. The number of hydrogen-bond donors (Lipinski definition) is 1. The second kappa shape index (κ2) is 4.79. The Morgan fingerprint density at radius 1 is 1.10 bits per heavy atom. The maximum Gasteiger partial charge on any atom is 0.231 e. The minimum atomic E-state index is -0.858. The van der Waals surface area contributed by atoms with Crippen LogP contribution in [0.15, 0.2) is 51.4 Å². The molecule has 3 aromatic rings. The van der Waals surface area contributed by atoms with E-state index in [4.69, 9.17) is 13.9 Å². The molecule has 1 unspecified atom stereocenters. The van der Waals surface area contributed by atoms with Gasteiger partial charge in [-0.25, -0.2) is 0 Å². The molecular weight excluding hydrogens is 336 g/mol. The number of rotatable bonds is 2. The number of benzene rings is 2. The molecule has 0 spiro atoms. The van der Waals surface area contributed by atoms with Crippen LogP contribution in [0.3, 0.4) is 0 Å². The summed E-state index contributed by atoms with van der Waals surface area (Å²) < 4.78 is 17.2. The van der Waals surface area contributed by atoms with Gasteiger partial charge in [0.25, 0.3) is 0 Å². The molecule has 0 fully saturated rings. The molecule has 4 nitrogen and oxygen atoms in total. The minimum Gasteiger partial charge on any atom is -0.458 e. The van der Waals surface area contributed by atoms with Gasteiger partial charge in [-0.15, -0.1) is 0 Å². The lowest BCUT2D eigenvalue weighted by atomic mass is 10.1. The summed E-state index contributed by atoms with van der Waals surface area (Å²) in [7, 11) is 0. The van der Waals surface area contributed by atoms with Gasteiger partial charge in [-0.05, 0) is 45.8 Å². The molecule has 21 heavy (non-hydrogen) atoms. The van der Waals surface area contributed by atoms with Crippen molar-refractivity contribution in [2.45, 2.75) is 6.10 Å². The van der Waals surface area contributed by atoms with E-state index in [2.05, 4.69) is 15.9 Å². The third-order valence-corrected chi connectivity index (χ3v) is 4.07. The second-order valence-electron chi connectivity index (χ2n) is 4.83. The second-order valence-corrected chi connectivity index (χ2v) is 5.68. The van der Waals surface area contributed by atoms with Crippen molar-refractivity contribution in [2.75, 3.05) is 6.79 Å². The molecule has 2 aromatic carbocycles. The van der Waals surface area contributed by atoms with E-state index in [0.29, 0.717) is 22.8 Å². The number of ether oxygens (including phenoxy) is 2. The SMILES string of the molecule is OC(c1cc(Br)c2c(c1)OCO2)c1cc2ccccc2o1. The van der Waals surface area contributed by atoms with E-state index in [9.17, 15) is 5.11 Å². The number of para-hydroxylation sites is 1. The summed E-state index contributed by atoms with van der Waals surface area (Å²) in [6.45, 7) is 0.193. The first kappa shape index (κ1) is 12.7. The van der Waals surface area contributed by atoms with E-state index < -0.39 is 6.10 Å². The number of hydrogen-bond acceptors (Lipinski definition) is 4. The Hall–Kier alpha value is -1.98. The van der Waals surface area contributed by atoms with E-state index in [1.54, 1.807) is 6.07 Å². The van der Waals surface area contributed by atoms with E-state index >= 15 is 0 Å². The van der Waals surface area contributed by atoms with Gasteiger partial charge in [0, 0.05) is 5.39 Å². The van der Waals surface area contributed by atoms with Gasteiger partial charge in [-0.3, -0.25) is 0 Å². The highest BCUT2D eigenvalue weighted by Gasteiger charge is 2.23. The van der Waals surface area contributed by atoms with Crippen molar-refractivity contribution in [1.29, 1.82) is 0 Å². The molecular formula is C16H11BrO4. The molecule has 5 heteroatoms. The van der Waals surface area contributed by atoms with Crippen LogP contribution in [0.1, 0.15) is 17.4 Å². The first-order chi connectivity index (χ1) is 10.2. The molecule has 4 rings (SSSR count). The predicted octanol–water partition coefficient (Wildman–Crippen LogP) is 4.01. The summed E-state index contributed by atoms with van der Waals surface area (Å²) in [4.78, 5) is 0. The monoisotopic (exact) mass is 346 g/mol. The molecule has 2 heterocycles. The van der Waals surface area contributed by atoms with Crippen LogP contribution >= 0.6 is 15.9 Å². The molecule has 0 amide bonds. The fourth-order valence-electron chi connectivity index (χ4n) is 2.45. The molecule has 0 radical (unpaired) electrons. The van der Waals surface area contributed by atoms with Gasteiger partial charge < -0.3 is 19.0 Å². The highest BCUT2D eigenvalue weighted by molar-refractivity contribution is 9.10. The summed E-state index contributed by atoms with van der Waals surface area (Å²) in [5.74, 6) is 1.78. The van der Waals surface area contributed by atoms with Crippen molar-refractivity contribution in [3.63, 3.8) is 0 Å². The van der Waals surface area contributed by atoms with Gasteiger partial charge in [0.2, 0.25) is 6.79 Å². The first-order valence-corrected chi connectivity index (χ1v) is 7.27. The van der Waals surface area contributed by atoms with Crippen molar-refractivity contribution < 1.29 is 19.0 Å². The van der Waals surface area contributed by atoms with Crippen LogP contribution in [0.2, 0.25) is 0 Å². The van der Waals surface area contributed by atoms with E-state index in [0.717, 1.165) is 15.4 Å². The Kier molecular flexibility index (Phi) is 2.90. The lowest BCUT2D eigenvalue weighted by molar-refractivity contribution is 0.173. The van der Waals surface area contributed by atoms with Crippen molar-refractivity contribution >= 4 is 26.9 Å². The Morgan fingerprint density at radius 2 is 1.95 bits per heavy atom. The Balaban J connectivity index is 1.77. The Labute approximate surface area is 129 Å². The summed E-state index contributed by atoms with van der Waals surface area (Å²) in [5, 5.41) is 11.5. The zero-order valence-electron chi connectivity index (χ0n) is 10.9. The largest absolute Gasteiger partial charge is 0.458 e. The van der Waals surface area contributed by atoms with Crippen molar-refractivity contribution in [3.8, 4) is 11.5 Å². The van der Waals surface area contributed by atoms with Crippen LogP contribution in [0.25, 0.3) is 11.0 Å². The number of furan rings is 1. The average Bonchev–Trinajstić information content (AvgIpc) is 3.12. The zero-order chi connectivity index (χ0) is 14.4. The Bertz CT molecular complexity index is 791. The maximum absolute atomic E-state index is 10.5. The molecule has 1 aromatic heterocycles. The smallest absolute Gasteiger partial charge is 0.231 e. The minimum absolute atomic E-state index is 0.193. The standard InChI is InChI=1S/C16H11BrO4/c17-11-5-10(7-14-16(11)20-8-19-14)15(18)13-6-9-3-1-2-4-12(9)21-13/h1-7,15,18H,8H2. The van der Waals surface area contributed by atoms with Crippen molar-refractivity contribution in [2.24, 2.45) is 0 Å². The summed E-state index contributed by atoms with van der Waals surface area (Å²) in [5.41, 5.74) is 1.44. The van der Waals surface area contributed by atoms with Crippen molar-refractivity contribution in [3.05, 3.63) is 58.3 Å². The first-order valence-electron chi connectivity index (χ1n) is 6.48. The van der Waals surface area contributed by atoms with Crippen LogP contribution in [0, 0.1) is 0 Å². The van der Waals surface area contributed by atoms with Gasteiger partial charge in [-0.2, -0.15) is 0 Å². The number of aliphatic hydroxyl groups excluding tert-OH is 1. The summed E-state index contributed by atoms with van der Waals surface area (Å²) in [6.07, 6.45) is -0.858. The Morgan fingerprint density at radius 3 is 2.81 bits per heavy atom. The molecule has 1 aliphatic rings. The normalized spacial score (nSPS) is 14.6. The third-order valence-electron chi connectivity index (χ3n) is 3.48. The van der Waals surface area contributed by atoms with Crippen molar-refractivity contribution in [1.82, 2.24) is 0 Å². The molecule has 1 N–H and O–H groups in total. The number of halogens is 1. The van der Waals surface area contributed by atoms with Crippen LogP contribution in [-0.4, -0.2) is 11.9 Å². The van der Waals surface area contributed by atoms with Gasteiger partial charge in [0.15, 0.2) is 11.5 Å². The molecule has 0 bridgehead atoms. The quantitative estimate of drug-likeness (QED) is 0.761. The van der Waals surface area contributed by atoms with E-state index in [1.165, 1.54) is 0 Å². The van der Waals surface area contributed by atoms with Crippen LogP contribution in [0.4, 0.5) is 0 Å². The van der Waals surface area contributed by atoms with Gasteiger partial charge in [0.1, 0.15) is 17.4 Å². The highest BCUT2D eigenvalue weighted by Crippen LogP contribution is 2.42. The number of aliphatic hydroxyl groups is 1. The lowest BCUT2D eigenvalue weighted by Gasteiger charge is -2.10. The number of fused-ring (bicyclic) bond motifs is 2. The topological polar surface area (TPSA) is 51.8 Å². The van der Waals surface area contributed by atoms with Gasteiger partial charge in [-0.1, -0.05) is 18.2 Å².